The fraction of sp³-hybridized carbons (Fsp3) is 0.355. The van der Waals surface area contributed by atoms with Crippen LogP contribution in [-0.4, -0.2) is 54.5 Å². The largest absolute Gasteiger partial charge is 0.558 e. The molecule has 1 aromatic heterocycles. The van der Waals surface area contributed by atoms with Gasteiger partial charge in [0.1, 0.15) is 6.10 Å². The lowest BCUT2D eigenvalue weighted by molar-refractivity contribution is 0.0791. The summed E-state index contributed by atoms with van der Waals surface area (Å²) in [6.07, 6.45) is 3.01. The quantitative estimate of drug-likeness (QED) is 0.364. The predicted molar refractivity (Wildman–Crippen MR) is 157 cm³/mol. The van der Waals surface area contributed by atoms with Crippen molar-refractivity contribution < 1.29 is 23.5 Å². The van der Waals surface area contributed by atoms with Crippen molar-refractivity contribution in [2.24, 2.45) is 5.10 Å². The SMILES string of the molecule is CCC(C)OC(=O)[N+]1(C(=O)N(CC)c2ccccc2)N=C(NC(=O)c2ccc(CN3CCCC3)cc2)c2occc21. The summed E-state index contributed by atoms with van der Waals surface area (Å²) in [5, 5.41) is 7.31. The molecular formula is C31H36N5O5+. The third-order valence-electron chi connectivity index (χ3n) is 7.54. The molecule has 5 rings (SSSR count). The highest BCUT2D eigenvalue weighted by Crippen LogP contribution is 2.39. The van der Waals surface area contributed by atoms with Crippen molar-refractivity contribution in [3.8, 4) is 0 Å². The molecule has 10 heteroatoms. The van der Waals surface area contributed by atoms with E-state index in [-0.39, 0.29) is 23.8 Å². The number of carbonyl (C=O) groups is 3. The highest BCUT2D eigenvalue weighted by Gasteiger charge is 2.61. The number of anilines is 1. The Bertz CT molecular complexity index is 1430. The lowest BCUT2D eigenvalue weighted by atomic mass is 10.1. The number of urea groups is 1. The molecule has 4 amide bonds. The van der Waals surface area contributed by atoms with Crippen LogP contribution in [0.5, 0.6) is 0 Å². The van der Waals surface area contributed by atoms with Gasteiger partial charge in [0, 0.05) is 35.0 Å². The first-order valence-corrected chi connectivity index (χ1v) is 14.2. The lowest BCUT2D eigenvalue weighted by Gasteiger charge is -2.28. The molecule has 2 atom stereocenters. The van der Waals surface area contributed by atoms with Crippen LogP contribution < -0.4 is 14.8 Å². The van der Waals surface area contributed by atoms with Gasteiger partial charge in [-0.2, -0.15) is 4.79 Å². The van der Waals surface area contributed by atoms with Crippen LogP contribution in [0.15, 0.2) is 76.4 Å². The van der Waals surface area contributed by atoms with Gasteiger partial charge >= 0.3 is 12.1 Å². The van der Waals surface area contributed by atoms with Crippen LogP contribution in [0, 0.1) is 0 Å². The van der Waals surface area contributed by atoms with Crippen LogP contribution in [0.1, 0.15) is 61.7 Å². The summed E-state index contributed by atoms with van der Waals surface area (Å²) < 4.78 is 10.2. The predicted octanol–water partition coefficient (Wildman–Crippen LogP) is 5.87. The maximum Gasteiger partial charge on any atom is 0.558 e. The fourth-order valence-electron chi connectivity index (χ4n) is 5.11. The van der Waals surface area contributed by atoms with E-state index in [9.17, 15) is 14.4 Å². The summed E-state index contributed by atoms with van der Waals surface area (Å²) in [7, 11) is 0. The summed E-state index contributed by atoms with van der Waals surface area (Å²) >= 11 is 0. The number of hydrogen-bond acceptors (Lipinski definition) is 7. The van der Waals surface area contributed by atoms with E-state index in [1.54, 1.807) is 31.2 Å². The van der Waals surface area contributed by atoms with Gasteiger partial charge in [0.25, 0.3) is 5.91 Å². The zero-order valence-electron chi connectivity index (χ0n) is 23.7. The van der Waals surface area contributed by atoms with E-state index in [1.165, 1.54) is 30.1 Å². The number of imide groups is 1. The summed E-state index contributed by atoms with van der Waals surface area (Å²) in [5.41, 5.74) is 2.32. The number of rotatable bonds is 7. The number of hydrogen-bond donors (Lipinski definition) is 1. The Kier molecular flexibility index (Phi) is 8.32. The van der Waals surface area contributed by atoms with Gasteiger partial charge in [0.15, 0.2) is 0 Å². The third-order valence-corrected chi connectivity index (χ3v) is 7.54. The Balaban J connectivity index is 1.47. The van der Waals surface area contributed by atoms with Crippen molar-refractivity contribution in [3.63, 3.8) is 0 Å². The number of benzene rings is 2. The number of furan rings is 1. The van der Waals surface area contributed by atoms with Gasteiger partial charge in [0.2, 0.25) is 17.3 Å². The molecule has 10 nitrogen and oxygen atoms in total. The summed E-state index contributed by atoms with van der Waals surface area (Å²) in [5.74, 6) is -0.325. The average Bonchev–Trinajstić information content (AvgIpc) is 3.74. The zero-order valence-corrected chi connectivity index (χ0v) is 23.7. The summed E-state index contributed by atoms with van der Waals surface area (Å²) in [4.78, 5) is 45.3. The summed E-state index contributed by atoms with van der Waals surface area (Å²) in [6, 6.07) is 17.3. The second kappa shape index (κ2) is 12.1. The number of amidine groups is 1. The molecule has 0 radical (unpaired) electrons. The minimum absolute atomic E-state index is 0.0188. The van der Waals surface area contributed by atoms with E-state index in [0.717, 1.165) is 25.2 Å². The number of ether oxygens (including phenoxy) is 1. The van der Waals surface area contributed by atoms with Gasteiger partial charge in [-0.15, -0.1) is 0 Å². The van der Waals surface area contributed by atoms with E-state index in [4.69, 9.17) is 9.15 Å². The number of quaternary nitrogens is 1. The Morgan fingerprint density at radius 3 is 2.41 bits per heavy atom. The van der Waals surface area contributed by atoms with Crippen LogP contribution >= 0.6 is 0 Å². The molecule has 0 bridgehead atoms. The van der Waals surface area contributed by atoms with Gasteiger partial charge in [-0.05, 0) is 81.1 Å². The van der Waals surface area contributed by atoms with Crippen LogP contribution in [0.2, 0.25) is 0 Å². The van der Waals surface area contributed by atoms with Crippen LogP contribution in [-0.2, 0) is 11.3 Å². The first-order valence-electron chi connectivity index (χ1n) is 14.2. The molecule has 0 aliphatic carbocycles. The van der Waals surface area contributed by atoms with Crippen molar-refractivity contribution in [2.75, 3.05) is 24.5 Å². The molecule has 0 spiro atoms. The van der Waals surface area contributed by atoms with Gasteiger partial charge in [-0.25, -0.2) is 4.79 Å². The molecule has 0 saturated carbocycles. The number of fused-ring (bicyclic) bond motifs is 1. The van der Waals surface area contributed by atoms with Gasteiger partial charge in [-0.1, -0.05) is 37.3 Å². The van der Waals surface area contributed by atoms with Crippen LogP contribution in [0.25, 0.3) is 0 Å². The number of likely N-dealkylation sites (tertiary alicyclic amines) is 1. The fourth-order valence-corrected chi connectivity index (χ4v) is 5.11. The molecular weight excluding hydrogens is 522 g/mol. The molecule has 2 aliphatic rings. The van der Waals surface area contributed by atoms with E-state index in [1.807, 2.05) is 44.2 Å². The van der Waals surface area contributed by atoms with Gasteiger partial charge in [-0.3, -0.25) is 19.9 Å². The van der Waals surface area contributed by atoms with E-state index < -0.39 is 28.7 Å². The standard InChI is InChI=1S/C31H35N5O5/c1-4-22(3)41-31(39)36(30(38)35(5-2)25-11-7-6-8-12-25)26-17-20-40-27(26)28(33-36)32-29(37)24-15-13-23(14-16-24)21-34-18-9-10-19-34/h6-8,11-17,20,22H,4-5,9-10,18-19,21H2,1-3H3/p+1. The van der Waals surface area contributed by atoms with E-state index >= 15 is 0 Å². The van der Waals surface area contributed by atoms with E-state index in [2.05, 4.69) is 15.3 Å². The van der Waals surface area contributed by atoms with Crippen LogP contribution in [0.3, 0.4) is 0 Å². The molecule has 3 heterocycles. The Morgan fingerprint density at radius 2 is 1.76 bits per heavy atom. The molecule has 2 unspecified atom stereocenters. The highest BCUT2D eigenvalue weighted by molar-refractivity contribution is 6.22. The van der Waals surface area contributed by atoms with Gasteiger partial charge in [0.05, 0.1) is 6.26 Å². The molecule has 214 valence electrons. The first-order chi connectivity index (χ1) is 19.9. The van der Waals surface area contributed by atoms with E-state index in [0.29, 0.717) is 17.7 Å². The molecule has 3 aromatic rings. The number of nitrogens with zero attached hydrogens (tertiary/aromatic N) is 4. The molecule has 1 fully saturated rings. The Hall–Kier alpha value is -4.28. The second-order valence-electron chi connectivity index (χ2n) is 10.3. The number of nitrogens with one attached hydrogen (secondary N) is 1. The van der Waals surface area contributed by atoms with Crippen molar-refractivity contribution in [1.29, 1.82) is 0 Å². The zero-order chi connectivity index (χ0) is 29.0. The molecule has 2 aliphatic heterocycles. The molecule has 1 N–H and O–H groups in total. The number of amides is 4. The first kappa shape index (κ1) is 28.3. The van der Waals surface area contributed by atoms with Gasteiger partial charge < -0.3 is 9.15 Å². The number of para-hydroxylation sites is 1. The average molecular weight is 559 g/mol. The Labute approximate surface area is 239 Å². The molecule has 2 aromatic carbocycles. The minimum atomic E-state index is -1.15. The molecule has 41 heavy (non-hydrogen) atoms. The lowest BCUT2D eigenvalue weighted by Crippen LogP contribution is -2.60. The number of carbonyl (C=O) groups excluding carboxylic acids is 3. The normalized spacial score (nSPS) is 18.9. The van der Waals surface area contributed by atoms with Crippen molar-refractivity contribution >= 4 is 35.2 Å². The third kappa shape index (κ3) is 5.53. The maximum atomic E-state index is 14.3. The smallest absolute Gasteiger partial charge is 0.454 e. The monoisotopic (exact) mass is 558 g/mol. The Morgan fingerprint density at radius 1 is 1.05 bits per heavy atom. The highest BCUT2D eigenvalue weighted by atomic mass is 16.6. The minimum Gasteiger partial charge on any atom is -0.454 e. The second-order valence-corrected chi connectivity index (χ2v) is 10.3. The summed E-state index contributed by atoms with van der Waals surface area (Å²) in [6.45, 7) is 8.74. The van der Waals surface area contributed by atoms with Crippen molar-refractivity contribution in [2.45, 2.75) is 52.7 Å². The van der Waals surface area contributed by atoms with Crippen molar-refractivity contribution in [1.82, 2.24) is 14.8 Å². The van der Waals surface area contributed by atoms with Crippen molar-refractivity contribution in [3.05, 3.63) is 83.8 Å². The maximum absolute atomic E-state index is 14.3. The molecule has 1 saturated heterocycles. The van der Waals surface area contributed by atoms with Crippen LogP contribution in [0.4, 0.5) is 21.0 Å². The topological polar surface area (TPSA) is 104 Å².